The molecule has 0 radical (unpaired) electrons. The van der Waals surface area contributed by atoms with Crippen molar-refractivity contribution in [3.05, 3.63) is 65.7 Å². The molecule has 2 aromatic carbocycles. The number of fused-ring (bicyclic) bond motifs is 1. The zero-order valence-electron chi connectivity index (χ0n) is 13.6. The molecule has 1 fully saturated rings. The van der Waals surface area contributed by atoms with E-state index < -0.39 is 17.8 Å². The van der Waals surface area contributed by atoms with Gasteiger partial charge in [0.15, 0.2) is 0 Å². The number of benzene rings is 2. The lowest BCUT2D eigenvalue weighted by molar-refractivity contribution is -0.137. The number of anilines is 1. The van der Waals surface area contributed by atoms with Crippen molar-refractivity contribution in [2.24, 2.45) is 0 Å². The molecule has 1 aromatic heterocycles. The van der Waals surface area contributed by atoms with Crippen LogP contribution in [0.1, 0.15) is 11.1 Å². The number of halogens is 3. The number of nitrogens with zero attached hydrogens (tertiary/aromatic N) is 1. The summed E-state index contributed by atoms with van der Waals surface area (Å²) in [5.41, 5.74) is 0.864. The second-order valence-corrected chi connectivity index (χ2v) is 6.24. The van der Waals surface area contributed by atoms with Crippen LogP contribution in [-0.2, 0) is 17.3 Å². The van der Waals surface area contributed by atoms with Crippen molar-refractivity contribution in [3.8, 4) is 0 Å². The number of cyclic esters (lactones) is 1. The van der Waals surface area contributed by atoms with Crippen molar-refractivity contribution in [3.63, 3.8) is 0 Å². The van der Waals surface area contributed by atoms with E-state index in [1.807, 2.05) is 30.3 Å². The molecule has 4 nitrogen and oxygen atoms in total. The Labute approximate surface area is 147 Å². The number of H-pyrrole nitrogens is 1. The van der Waals surface area contributed by atoms with Crippen LogP contribution in [0, 0.1) is 0 Å². The average molecular weight is 360 g/mol. The molecule has 0 aliphatic carbocycles. The van der Waals surface area contributed by atoms with Crippen molar-refractivity contribution < 1.29 is 22.7 Å². The highest BCUT2D eigenvalue weighted by molar-refractivity contribution is 5.94. The normalized spacial score (nSPS) is 17.7. The molecule has 1 saturated heterocycles. The maximum absolute atomic E-state index is 12.9. The average Bonchev–Trinajstić information content (AvgIpc) is 3.17. The largest absolute Gasteiger partial charge is 0.447 e. The summed E-state index contributed by atoms with van der Waals surface area (Å²) in [6.07, 6.45) is -4.32. The molecule has 0 spiro atoms. The summed E-state index contributed by atoms with van der Waals surface area (Å²) in [6, 6.07) is 14.5. The second-order valence-electron chi connectivity index (χ2n) is 6.24. The van der Waals surface area contributed by atoms with Crippen molar-refractivity contribution in [2.75, 3.05) is 11.5 Å². The van der Waals surface area contributed by atoms with Gasteiger partial charge in [-0.25, -0.2) is 4.79 Å². The minimum atomic E-state index is -4.41. The Bertz CT molecular complexity index is 950. The van der Waals surface area contributed by atoms with Gasteiger partial charge in [0.05, 0.1) is 11.6 Å². The number of aromatic nitrogens is 1. The Morgan fingerprint density at radius 2 is 1.88 bits per heavy atom. The Morgan fingerprint density at radius 1 is 1.12 bits per heavy atom. The number of alkyl halides is 3. The van der Waals surface area contributed by atoms with Crippen molar-refractivity contribution in [1.29, 1.82) is 0 Å². The smallest absolute Gasteiger partial charge is 0.416 e. The van der Waals surface area contributed by atoms with Crippen LogP contribution in [0.2, 0.25) is 0 Å². The summed E-state index contributed by atoms with van der Waals surface area (Å²) < 4.78 is 43.9. The SMILES string of the molecule is O=C1OC[C@H](Cc2ccccc2)N1c1cc2cc(C(F)(F)F)ccc2[nH]1. The molecule has 1 aliphatic heterocycles. The maximum Gasteiger partial charge on any atom is 0.416 e. The molecule has 0 saturated carbocycles. The fraction of sp³-hybridized carbons (Fsp3) is 0.211. The molecule has 134 valence electrons. The highest BCUT2D eigenvalue weighted by Gasteiger charge is 2.36. The van der Waals surface area contributed by atoms with Crippen LogP contribution < -0.4 is 4.90 Å². The van der Waals surface area contributed by atoms with Crippen LogP contribution >= 0.6 is 0 Å². The molecule has 3 aromatic rings. The topological polar surface area (TPSA) is 45.3 Å². The van der Waals surface area contributed by atoms with Crippen LogP contribution in [0.5, 0.6) is 0 Å². The van der Waals surface area contributed by atoms with E-state index in [9.17, 15) is 18.0 Å². The van der Waals surface area contributed by atoms with Gasteiger partial charge in [-0.15, -0.1) is 0 Å². The fourth-order valence-electron chi connectivity index (χ4n) is 3.22. The summed E-state index contributed by atoms with van der Waals surface area (Å²) in [6.45, 7) is 0.233. The molecule has 1 N–H and O–H groups in total. The third kappa shape index (κ3) is 3.00. The lowest BCUT2D eigenvalue weighted by Crippen LogP contribution is -2.35. The first-order valence-corrected chi connectivity index (χ1v) is 8.12. The Hall–Kier alpha value is -2.96. The van der Waals surface area contributed by atoms with E-state index in [0.29, 0.717) is 23.1 Å². The zero-order chi connectivity index (χ0) is 18.3. The van der Waals surface area contributed by atoms with Gasteiger partial charge in [-0.1, -0.05) is 30.3 Å². The first-order valence-electron chi connectivity index (χ1n) is 8.12. The molecule has 2 heterocycles. The maximum atomic E-state index is 12.9. The van der Waals surface area contributed by atoms with Crippen LogP contribution in [0.25, 0.3) is 10.9 Å². The number of hydrogen-bond donors (Lipinski definition) is 1. The van der Waals surface area contributed by atoms with Gasteiger partial charge in [-0.2, -0.15) is 13.2 Å². The zero-order valence-corrected chi connectivity index (χ0v) is 13.6. The number of rotatable bonds is 3. The molecule has 1 amide bonds. The highest BCUT2D eigenvalue weighted by Crippen LogP contribution is 2.34. The van der Waals surface area contributed by atoms with E-state index in [1.54, 1.807) is 6.07 Å². The highest BCUT2D eigenvalue weighted by atomic mass is 19.4. The van der Waals surface area contributed by atoms with Gasteiger partial charge < -0.3 is 9.72 Å². The number of carbonyl (C=O) groups is 1. The summed E-state index contributed by atoms with van der Waals surface area (Å²) >= 11 is 0. The number of aromatic amines is 1. The Kier molecular flexibility index (Phi) is 3.86. The first-order chi connectivity index (χ1) is 12.4. The lowest BCUT2D eigenvalue weighted by Gasteiger charge is -2.19. The molecule has 0 bridgehead atoms. The molecule has 1 aliphatic rings. The van der Waals surface area contributed by atoms with Gasteiger partial charge in [-0.3, -0.25) is 4.90 Å². The summed E-state index contributed by atoms with van der Waals surface area (Å²) in [5, 5.41) is 0.396. The third-order valence-electron chi connectivity index (χ3n) is 4.47. The number of carbonyl (C=O) groups excluding carboxylic acids is 1. The van der Waals surface area contributed by atoms with E-state index in [-0.39, 0.29) is 12.6 Å². The van der Waals surface area contributed by atoms with Crippen molar-refractivity contribution >= 4 is 22.8 Å². The first kappa shape index (κ1) is 16.5. The predicted molar refractivity (Wildman–Crippen MR) is 91.1 cm³/mol. The molecule has 4 rings (SSSR count). The van der Waals surface area contributed by atoms with Gasteiger partial charge in [0.25, 0.3) is 0 Å². The lowest BCUT2D eigenvalue weighted by atomic mass is 10.1. The van der Waals surface area contributed by atoms with Gasteiger partial charge in [0, 0.05) is 10.9 Å². The third-order valence-corrected chi connectivity index (χ3v) is 4.47. The van der Waals surface area contributed by atoms with E-state index in [0.717, 1.165) is 17.7 Å². The number of amides is 1. The van der Waals surface area contributed by atoms with E-state index in [2.05, 4.69) is 4.98 Å². The van der Waals surface area contributed by atoms with E-state index >= 15 is 0 Å². The van der Waals surface area contributed by atoms with Crippen molar-refractivity contribution in [1.82, 2.24) is 4.98 Å². The fourth-order valence-corrected chi connectivity index (χ4v) is 3.22. The minimum absolute atomic E-state index is 0.222. The van der Waals surface area contributed by atoms with Gasteiger partial charge in [0.2, 0.25) is 0 Å². The Balaban J connectivity index is 1.67. The van der Waals surface area contributed by atoms with E-state index in [4.69, 9.17) is 4.74 Å². The Morgan fingerprint density at radius 3 is 2.62 bits per heavy atom. The van der Waals surface area contributed by atoms with Gasteiger partial charge in [-0.05, 0) is 36.2 Å². The number of ether oxygens (including phenoxy) is 1. The summed E-state index contributed by atoms with van der Waals surface area (Å²) in [4.78, 5) is 16.7. The monoisotopic (exact) mass is 360 g/mol. The molecule has 1 atom stereocenters. The molecule has 7 heteroatoms. The number of nitrogens with one attached hydrogen (secondary N) is 1. The standard InChI is InChI=1S/C19H15F3N2O2/c20-19(21,22)14-6-7-16-13(9-14)10-17(23-16)24-15(11-26-18(24)25)8-12-4-2-1-3-5-12/h1-7,9-10,15,23H,8,11H2/t15-/m0/s1. The van der Waals surface area contributed by atoms with Crippen LogP contribution in [0.4, 0.5) is 23.8 Å². The predicted octanol–water partition coefficient (Wildman–Crippen LogP) is 4.75. The summed E-state index contributed by atoms with van der Waals surface area (Å²) in [5.74, 6) is 0.433. The summed E-state index contributed by atoms with van der Waals surface area (Å²) in [7, 11) is 0. The second kappa shape index (κ2) is 6.09. The minimum Gasteiger partial charge on any atom is -0.447 e. The molecular formula is C19H15F3N2O2. The van der Waals surface area contributed by atoms with Crippen molar-refractivity contribution in [2.45, 2.75) is 18.6 Å². The van der Waals surface area contributed by atoms with Crippen LogP contribution in [0.3, 0.4) is 0 Å². The van der Waals surface area contributed by atoms with E-state index in [1.165, 1.54) is 11.0 Å². The number of hydrogen-bond acceptors (Lipinski definition) is 2. The quantitative estimate of drug-likeness (QED) is 0.732. The molecule has 0 unspecified atom stereocenters. The van der Waals surface area contributed by atoms with Gasteiger partial charge in [0.1, 0.15) is 12.4 Å². The molecular weight excluding hydrogens is 345 g/mol. The van der Waals surface area contributed by atoms with Crippen LogP contribution in [-0.4, -0.2) is 23.7 Å². The molecule has 26 heavy (non-hydrogen) atoms. The van der Waals surface area contributed by atoms with Crippen LogP contribution in [0.15, 0.2) is 54.6 Å². The van der Waals surface area contributed by atoms with Gasteiger partial charge >= 0.3 is 12.3 Å².